The smallest absolute Gasteiger partial charge is 0.317 e. The predicted molar refractivity (Wildman–Crippen MR) is 78.0 cm³/mol. The summed E-state index contributed by atoms with van der Waals surface area (Å²) in [4.78, 5) is 25.7. The van der Waals surface area contributed by atoms with Crippen molar-refractivity contribution in [2.24, 2.45) is 5.92 Å². The van der Waals surface area contributed by atoms with Crippen LogP contribution < -0.4 is 5.32 Å². The number of nitrogens with zero attached hydrogens (tertiary/aromatic N) is 1. The molecule has 0 radical (unpaired) electrons. The number of carbonyl (C=O) groups excluding carboxylic acids is 1. The molecule has 2 atom stereocenters. The highest BCUT2D eigenvalue weighted by Crippen LogP contribution is 2.33. The number of carbonyl (C=O) groups is 2. The fourth-order valence-electron chi connectivity index (χ4n) is 2.47. The molecule has 2 N–H and O–H groups in total. The molecular weight excluding hydrogens is 276 g/mol. The number of aliphatic carboxylic acids is 1. The second kappa shape index (κ2) is 6.26. The van der Waals surface area contributed by atoms with E-state index in [4.69, 9.17) is 5.11 Å². The molecule has 0 spiro atoms. The summed E-state index contributed by atoms with van der Waals surface area (Å²) >= 11 is 1.74. The third-order valence-electron chi connectivity index (χ3n) is 3.67. The normalized spacial score (nSPS) is 19.0. The average molecular weight is 296 g/mol. The van der Waals surface area contributed by atoms with Gasteiger partial charge in [0.25, 0.3) is 0 Å². The maximum Gasteiger partial charge on any atom is 0.317 e. The minimum absolute atomic E-state index is 0.0556. The van der Waals surface area contributed by atoms with Crippen LogP contribution >= 0.6 is 11.3 Å². The first-order chi connectivity index (χ1) is 9.49. The number of fused-ring (bicyclic) bond motifs is 1. The maximum atomic E-state index is 12.1. The molecule has 0 aliphatic heterocycles. The number of rotatable bonds is 4. The number of thiophene rings is 1. The monoisotopic (exact) mass is 296 g/mol. The van der Waals surface area contributed by atoms with Crippen LogP contribution in [0.3, 0.4) is 0 Å². The summed E-state index contributed by atoms with van der Waals surface area (Å²) in [6.45, 7) is 1.81. The highest BCUT2D eigenvalue weighted by Gasteiger charge is 2.24. The lowest BCUT2D eigenvalue weighted by Gasteiger charge is -2.27. The van der Waals surface area contributed by atoms with Crippen molar-refractivity contribution < 1.29 is 14.7 Å². The number of carboxylic acids is 1. The Morgan fingerprint density at radius 1 is 1.60 bits per heavy atom. The molecule has 2 rings (SSSR count). The Hall–Kier alpha value is -1.56. The minimum atomic E-state index is -0.887. The van der Waals surface area contributed by atoms with Crippen molar-refractivity contribution >= 4 is 23.3 Å². The zero-order chi connectivity index (χ0) is 14.7. The van der Waals surface area contributed by atoms with E-state index in [-0.39, 0.29) is 18.6 Å². The largest absolute Gasteiger partial charge is 0.481 e. The number of nitrogens with one attached hydrogen (secondary N) is 1. The van der Waals surface area contributed by atoms with Gasteiger partial charge in [0, 0.05) is 18.5 Å². The summed E-state index contributed by atoms with van der Waals surface area (Å²) in [6.07, 6.45) is 3.11. The fourth-order valence-corrected chi connectivity index (χ4v) is 3.45. The molecule has 0 aromatic carbocycles. The van der Waals surface area contributed by atoms with E-state index in [1.165, 1.54) is 15.3 Å². The van der Waals surface area contributed by atoms with Crippen molar-refractivity contribution in [1.82, 2.24) is 10.2 Å². The van der Waals surface area contributed by atoms with Crippen molar-refractivity contribution in [3.8, 4) is 0 Å². The third-order valence-corrected chi connectivity index (χ3v) is 4.66. The average Bonchev–Trinajstić information content (AvgIpc) is 2.87. The van der Waals surface area contributed by atoms with Gasteiger partial charge in [0.15, 0.2) is 0 Å². The molecule has 0 fully saturated rings. The number of urea groups is 1. The van der Waals surface area contributed by atoms with Crippen LogP contribution in [0.25, 0.3) is 0 Å². The van der Waals surface area contributed by atoms with Gasteiger partial charge in [-0.3, -0.25) is 4.79 Å². The van der Waals surface area contributed by atoms with E-state index >= 15 is 0 Å². The van der Waals surface area contributed by atoms with Crippen LogP contribution in [-0.4, -0.2) is 35.6 Å². The van der Waals surface area contributed by atoms with Gasteiger partial charge in [0.2, 0.25) is 0 Å². The van der Waals surface area contributed by atoms with Gasteiger partial charge in [-0.25, -0.2) is 4.79 Å². The maximum absolute atomic E-state index is 12.1. The fraction of sp³-hybridized carbons (Fsp3) is 0.571. The van der Waals surface area contributed by atoms with Crippen molar-refractivity contribution in [1.29, 1.82) is 0 Å². The van der Waals surface area contributed by atoms with Gasteiger partial charge in [-0.2, -0.15) is 0 Å². The molecule has 1 aliphatic rings. The van der Waals surface area contributed by atoms with Gasteiger partial charge in [0.1, 0.15) is 0 Å². The Bertz CT molecular complexity index is 500. The Kier molecular flexibility index (Phi) is 4.65. The summed E-state index contributed by atoms with van der Waals surface area (Å²) < 4.78 is 0. The molecule has 0 bridgehead atoms. The Balaban J connectivity index is 1.94. The van der Waals surface area contributed by atoms with Crippen molar-refractivity contribution in [2.75, 3.05) is 13.6 Å². The zero-order valence-electron chi connectivity index (χ0n) is 11.8. The summed E-state index contributed by atoms with van der Waals surface area (Å²) in [5, 5.41) is 13.9. The second-order valence-electron chi connectivity index (χ2n) is 5.31. The SMILES string of the molecule is CC(CN(C)C(=O)NC1CCCc2sccc21)C(=O)O. The lowest BCUT2D eigenvalue weighted by molar-refractivity contribution is -0.141. The molecule has 5 nitrogen and oxygen atoms in total. The standard InChI is InChI=1S/C14H20N2O3S/c1-9(13(17)18)8-16(2)14(19)15-11-4-3-5-12-10(11)6-7-20-12/h6-7,9,11H,3-5,8H2,1-2H3,(H,15,19)(H,17,18). The second-order valence-corrected chi connectivity index (χ2v) is 6.31. The number of aryl methyl sites for hydroxylation is 1. The predicted octanol–water partition coefficient (Wildman–Crippen LogP) is 2.49. The van der Waals surface area contributed by atoms with Crippen molar-refractivity contribution in [3.63, 3.8) is 0 Å². The highest BCUT2D eigenvalue weighted by atomic mass is 32.1. The van der Waals surface area contributed by atoms with Gasteiger partial charge in [-0.15, -0.1) is 11.3 Å². The van der Waals surface area contributed by atoms with E-state index < -0.39 is 11.9 Å². The Morgan fingerprint density at radius 3 is 3.05 bits per heavy atom. The lowest BCUT2D eigenvalue weighted by atomic mass is 9.94. The minimum Gasteiger partial charge on any atom is -0.481 e. The van der Waals surface area contributed by atoms with E-state index in [2.05, 4.69) is 16.8 Å². The van der Waals surface area contributed by atoms with Crippen LogP contribution in [-0.2, 0) is 11.2 Å². The molecule has 0 saturated heterocycles. The topological polar surface area (TPSA) is 69.6 Å². The Labute approximate surface area is 122 Å². The first-order valence-corrected chi connectivity index (χ1v) is 7.67. The van der Waals surface area contributed by atoms with E-state index in [1.54, 1.807) is 25.3 Å². The summed E-state index contributed by atoms with van der Waals surface area (Å²) in [5.41, 5.74) is 1.22. The van der Waals surface area contributed by atoms with Crippen LogP contribution in [0.1, 0.15) is 36.2 Å². The van der Waals surface area contributed by atoms with Crippen LogP contribution in [0.5, 0.6) is 0 Å². The van der Waals surface area contributed by atoms with Crippen LogP contribution in [0.2, 0.25) is 0 Å². The molecular formula is C14H20N2O3S. The van der Waals surface area contributed by atoms with Gasteiger partial charge in [-0.1, -0.05) is 6.92 Å². The van der Waals surface area contributed by atoms with Gasteiger partial charge >= 0.3 is 12.0 Å². The summed E-state index contributed by atoms with van der Waals surface area (Å²) in [7, 11) is 1.63. The molecule has 1 aliphatic carbocycles. The molecule has 1 aromatic rings. The molecule has 20 heavy (non-hydrogen) atoms. The number of carboxylic acid groups (broad SMARTS) is 1. The van der Waals surface area contributed by atoms with Gasteiger partial charge in [0.05, 0.1) is 12.0 Å². The molecule has 1 heterocycles. The summed E-state index contributed by atoms with van der Waals surface area (Å²) in [6, 6.07) is 1.92. The number of amides is 2. The van der Waals surface area contributed by atoms with E-state index in [0.29, 0.717) is 0 Å². The van der Waals surface area contributed by atoms with Crippen molar-refractivity contribution in [2.45, 2.75) is 32.2 Å². The summed E-state index contributed by atoms with van der Waals surface area (Å²) in [5.74, 6) is -1.45. The lowest BCUT2D eigenvalue weighted by Crippen LogP contribution is -2.42. The third kappa shape index (κ3) is 3.30. The van der Waals surface area contributed by atoms with Crippen LogP contribution in [0, 0.1) is 5.92 Å². The molecule has 6 heteroatoms. The van der Waals surface area contributed by atoms with E-state index in [9.17, 15) is 9.59 Å². The van der Waals surface area contributed by atoms with Crippen LogP contribution in [0.4, 0.5) is 4.79 Å². The molecule has 0 saturated carbocycles. The highest BCUT2D eigenvalue weighted by molar-refractivity contribution is 7.10. The Morgan fingerprint density at radius 2 is 2.35 bits per heavy atom. The first-order valence-electron chi connectivity index (χ1n) is 6.79. The van der Waals surface area contributed by atoms with Crippen LogP contribution in [0.15, 0.2) is 11.4 Å². The van der Waals surface area contributed by atoms with Gasteiger partial charge < -0.3 is 15.3 Å². The molecule has 1 aromatic heterocycles. The van der Waals surface area contributed by atoms with E-state index in [1.807, 2.05) is 0 Å². The van der Waals surface area contributed by atoms with E-state index in [0.717, 1.165) is 19.3 Å². The van der Waals surface area contributed by atoms with Gasteiger partial charge in [-0.05, 0) is 36.3 Å². The molecule has 2 unspecified atom stereocenters. The molecule has 110 valence electrons. The number of hydrogen-bond donors (Lipinski definition) is 2. The quantitative estimate of drug-likeness (QED) is 0.897. The molecule has 2 amide bonds. The van der Waals surface area contributed by atoms with Crippen molar-refractivity contribution in [3.05, 3.63) is 21.9 Å². The zero-order valence-corrected chi connectivity index (χ0v) is 12.6. The number of hydrogen-bond acceptors (Lipinski definition) is 3. The first kappa shape index (κ1) is 14.8.